The third-order valence-electron chi connectivity index (χ3n) is 3.93. The van der Waals surface area contributed by atoms with Crippen LogP contribution < -0.4 is 10.2 Å². The van der Waals surface area contributed by atoms with Crippen LogP contribution in [-0.2, 0) is 4.79 Å². The van der Waals surface area contributed by atoms with Crippen molar-refractivity contribution in [2.24, 2.45) is 5.92 Å². The molecular formula is C14H17FN2O3. The molecule has 2 amide bonds. The molecule has 0 aromatic heterocycles. The van der Waals surface area contributed by atoms with Gasteiger partial charge >= 0.3 is 6.09 Å². The number of carbonyl (C=O) groups excluding carboxylic acids is 1. The Hall–Kier alpha value is -2.11. The molecule has 0 bridgehead atoms. The van der Waals surface area contributed by atoms with E-state index in [4.69, 9.17) is 0 Å². The SMILES string of the molecule is CC[C@]1(C(C)C)C(=O)Nc2ccc(F)cc2N1C(=O)O. The van der Waals surface area contributed by atoms with E-state index in [1.54, 1.807) is 20.8 Å². The van der Waals surface area contributed by atoms with Crippen molar-refractivity contribution >= 4 is 23.4 Å². The molecule has 2 N–H and O–H groups in total. The van der Waals surface area contributed by atoms with Crippen LogP contribution in [0.4, 0.5) is 20.6 Å². The summed E-state index contributed by atoms with van der Waals surface area (Å²) in [4.78, 5) is 25.1. The molecule has 0 saturated carbocycles. The Morgan fingerprint density at radius 2 is 2.15 bits per heavy atom. The minimum atomic E-state index is -1.26. The van der Waals surface area contributed by atoms with Crippen LogP contribution in [0.5, 0.6) is 0 Å². The minimum absolute atomic E-state index is 0.174. The first kappa shape index (κ1) is 14.3. The fraction of sp³-hybridized carbons (Fsp3) is 0.429. The first-order valence-electron chi connectivity index (χ1n) is 6.48. The molecule has 1 aliphatic heterocycles. The lowest BCUT2D eigenvalue weighted by molar-refractivity contribution is -0.123. The summed E-state index contributed by atoms with van der Waals surface area (Å²) in [6.45, 7) is 5.31. The van der Waals surface area contributed by atoms with E-state index >= 15 is 0 Å². The highest BCUT2D eigenvalue weighted by atomic mass is 19.1. The Labute approximate surface area is 116 Å². The van der Waals surface area contributed by atoms with E-state index in [0.717, 1.165) is 11.0 Å². The predicted octanol–water partition coefficient (Wildman–Crippen LogP) is 3.07. The number of hydrogen-bond acceptors (Lipinski definition) is 2. The maximum Gasteiger partial charge on any atom is 0.412 e. The van der Waals surface area contributed by atoms with Crippen LogP contribution in [0.3, 0.4) is 0 Å². The highest BCUT2D eigenvalue weighted by Gasteiger charge is 2.52. The molecule has 0 saturated heterocycles. The van der Waals surface area contributed by atoms with E-state index < -0.39 is 17.4 Å². The Morgan fingerprint density at radius 1 is 1.50 bits per heavy atom. The van der Waals surface area contributed by atoms with E-state index in [1.807, 2.05) is 0 Å². The summed E-state index contributed by atoms with van der Waals surface area (Å²) < 4.78 is 13.5. The van der Waals surface area contributed by atoms with E-state index in [-0.39, 0.29) is 17.5 Å². The standard InChI is InChI=1S/C14H17FN2O3/c1-4-14(8(2)3)12(18)16-10-6-5-9(15)7-11(10)17(14)13(19)20/h5-8H,4H2,1-3H3,(H,16,18)(H,19,20)/t14-/m0/s1. The number of carboxylic acid groups (broad SMARTS) is 1. The third-order valence-corrected chi connectivity index (χ3v) is 3.93. The number of rotatable bonds is 2. The zero-order valence-corrected chi connectivity index (χ0v) is 11.6. The zero-order chi connectivity index (χ0) is 15.1. The molecule has 6 heteroatoms. The maximum absolute atomic E-state index is 13.5. The number of benzene rings is 1. The number of hydrogen-bond donors (Lipinski definition) is 2. The van der Waals surface area contributed by atoms with Gasteiger partial charge in [-0.05, 0) is 30.5 Å². The number of carbonyl (C=O) groups is 2. The number of nitrogens with zero attached hydrogens (tertiary/aromatic N) is 1. The van der Waals surface area contributed by atoms with Crippen LogP contribution in [0, 0.1) is 11.7 Å². The van der Waals surface area contributed by atoms with Gasteiger partial charge in [-0.3, -0.25) is 9.69 Å². The van der Waals surface area contributed by atoms with Crippen molar-refractivity contribution in [2.75, 3.05) is 10.2 Å². The second-order valence-corrected chi connectivity index (χ2v) is 5.17. The number of anilines is 2. The second-order valence-electron chi connectivity index (χ2n) is 5.17. The van der Waals surface area contributed by atoms with Gasteiger partial charge in [-0.2, -0.15) is 0 Å². The van der Waals surface area contributed by atoms with Gasteiger partial charge in [0.2, 0.25) is 0 Å². The first-order chi connectivity index (χ1) is 9.34. The molecule has 1 aromatic carbocycles. The fourth-order valence-electron chi connectivity index (χ4n) is 2.86. The molecule has 0 radical (unpaired) electrons. The lowest BCUT2D eigenvalue weighted by Crippen LogP contribution is -2.64. The van der Waals surface area contributed by atoms with Crippen LogP contribution in [0.15, 0.2) is 18.2 Å². The molecular weight excluding hydrogens is 263 g/mol. The van der Waals surface area contributed by atoms with E-state index in [9.17, 15) is 19.1 Å². The van der Waals surface area contributed by atoms with Crippen LogP contribution in [0.25, 0.3) is 0 Å². The van der Waals surface area contributed by atoms with Gasteiger partial charge in [-0.15, -0.1) is 0 Å². The van der Waals surface area contributed by atoms with E-state index in [2.05, 4.69) is 5.32 Å². The molecule has 1 aliphatic rings. The number of amides is 2. The Kier molecular flexibility index (Phi) is 3.41. The summed E-state index contributed by atoms with van der Waals surface area (Å²) in [5.74, 6) is -1.17. The monoisotopic (exact) mass is 280 g/mol. The second kappa shape index (κ2) is 4.77. The van der Waals surface area contributed by atoms with Gasteiger partial charge in [0.1, 0.15) is 11.4 Å². The Bertz CT molecular complexity index is 574. The van der Waals surface area contributed by atoms with Gasteiger partial charge in [-0.1, -0.05) is 20.8 Å². The molecule has 0 aliphatic carbocycles. The predicted molar refractivity (Wildman–Crippen MR) is 73.4 cm³/mol. The molecule has 108 valence electrons. The lowest BCUT2D eigenvalue weighted by Gasteiger charge is -2.47. The quantitative estimate of drug-likeness (QED) is 0.874. The van der Waals surface area contributed by atoms with E-state index in [1.165, 1.54) is 12.1 Å². The molecule has 2 rings (SSSR count). The molecule has 0 spiro atoms. The average molecular weight is 280 g/mol. The van der Waals surface area contributed by atoms with Crippen LogP contribution in [0.2, 0.25) is 0 Å². The maximum atomic E-state index is 13.5. The van der Waals surface area contributed by atoms with Crippen molar-refractivity contribution in [3.8, 4) is 0 Å². The number of nitrogens with one attached hydrogen (secondary N) is 1. The van der Waals surface area contributed by atoms with Gasteiger partial charge in [0.05, 0.1) is 11.4 Å². The normalized spacial score (nSPS) is 21.6. The molecule has 5 nitrogen and oxygen atoms in total. The molecule has 1 aromatic rings. The van der Waals surface area contributed by atoms with E-state index in [0.29, 0.717) is 12.1 Å². The summed E-state index contributed by atoms with van der Waals surface area (Å²) in [7, 11) is 0. The van der Waals surface area contributed by atoms with Gasteiger partial charge < -0.3 is 10.4 Å². The highest BCUT2D eigenvalue weighted by molar-refractivity contribution is 6.13. The molecule has 0 fully saturated rings. The summed E-state index contributed by atoms with van der Waals surface area (Å²) >= 11 is 0. The molecule has 20 heavy (non-hydrogen) atoms. The van der Waals surface area contributed by atoms with Gasteiger partial charge in [0.15, 0.2) is 0 Å². The summed E-state index contributed by atoms with van der Waals surface area (Å²) in [5, 5.41) is 12.2. The van der Waals surface area contributed by atoms with Crippen molar-refractivity contribution in [1.29, 1.82) is 0 Å². The average Bonchev–Trinajstić information content (AvgIpc) is 2.37. The molecule has 0 unspecified atom stereocenters. The number of fused-ring (bicyclic) bond motifs is 1. The fourth-order valence-corrected chi connectivity index (χ4v) is 2.86. The van der Waals surface area contributed by atoms with Crippen molar-refractivity contribution in [1.82, 2.24) is 0 Å². The topological polar surface area (TPSA) is 69.6 Å². The van der Waals surface area contributed by atoms with Crippen molar-refractivity contribution in [3.05, 3.63) is 24.0 Å². The summed E-state index contributed by atoms with van der Waals surface area (Å²) in [6, 6.07) is 3.70. The third kappa shape index (κ3) is 1.83. The molecule has 1 atom stereocenters. The smallest absolute Gasteiger partial charge is 0.412 e. The number of halogens is 1. The van der Waals surface area contributed by atoms with Crippen molar-refractivity contribution in [3.63, 3.8) is 0 Å². The summed E-state index contributed by atoms with van der Waals surface area (Å²) in [6.07, 6.45) is -0.957. The highest BCUT2D eigenvalue weighted by Crippen LogP contribution is 2.42. The van der Waals surface area contributed by atoms with Crippen molar-refractivity contribution < 1.29 is 19.1 Å². The van der Waals surface area contributed by atoms with Crippen LogP contribution in [0.1, 0.15) is 27.2 Å². The lowest BCUT2D eigenvalue weighted by atomic mass is 9.79. The van der Waals surface area contributed by atoms with Gasteiger partial charge in [0.25, 0.3) is 5.91 Å². The first-order valence-corrected chi connectivity index (χ1v) is 6.48. The Balaban J connectivity index is 2.72. The van der Waals surface area contributed by atoms with Crippen LogP contribution >= 0.6 is 0 Å². The minimum Gasteiger partial charge on any atom is -0.465 e. The molecule has 1 heterocycles. The zero-order valence-electron chi connectivity index (χ0n) is 11.6. The van der Waals surface area contributed by atoms with Crippen molar-refractivity contribution in [2.45, 2.75) is 32.7 Å². The van der Waals surface area contributed by atoms with Gasteiger partial charge in [-0.25, -0.2) is 9.18 Å². The largest absolute Gasteiger partial charge is 0.465 e. The Morgan fingerprint density at radius 3 is 2.65 bits per heavy atom. The van der Waals surface area contributed by atoms with Crippen LogP contribution in [-0.4, -0.2) is 22.6 Å². The van der Waals surface area contributed by atoms with Gasteiger partial charge in [0, 0.05) is 0 Å². The summed E-state index contributed by atoms with van der Waals surface area (Å²) in [5.41, 5.74) is -0.747.